The molecule has 0 radical (unpaired) electrons. The molecule has 116 valence electrons. The van der Waals surface area contributed by atoms with Gasteiger partial charge < -0.3 is 10.2 Å². The van der Waals surface area contributed by atoms with E-state index in [4.69, 9.17) is 0 Å². The van der Waals surface area contributed by atoms with Crippen LogP contribution < -0.4 is 0 Å². The zero-order chi connectivity index (χ0) is 16.4. The third-order valence-corrected chi connectivity index (χ3v) is 4.32. The first-order valence-electron chi connectivity index (χ1n) is 7.34. The van der Waals surface area contributed by atoms with Crippen LogP contribution in [0.1, 0.15) is 31.9 Å². The third-order valence-electron chi connectivity index (χ3n) is 4.32. The van der Waals surface area contributed by atoms with E-state index in [9.17, 15) is 15.0 Å². The number of hydrogen-bond acceptors (Lipinski definition) is 2. The van der Waals surface area contributed by atoms with Crippen molar-refractivity contribution in [3.05, 3.63) is 65.7 Å². The predicted molar refractivity (Wildman–Crippen MR) is 87.0 cm³/mol. The number of phenolic OH excluding ortho intramolecular Hbond substituents is 1. The summed E-state index contributed by atoms with van der Waals surface area (Å²) in [5.41, 5.74) is 0.121. The van der Waals surface area contributed by atoms with E-state index in [0.717, 1.165) is 5.56 Å². The zero-order valence-electron chi connectivity index (χ0n) is 13.2. The van der Waals surface area contributed by atoms with E-state index in [2.05, 4.69) is 0 Å². The lowest BCUT2D eigenvalue weighted by molar-refractivity contribution is -0.148. The quantitative estimate of drug-likeness (QED) is 0.897. The van der Waals surface area contributed by atoms with Gasteiger partial charge in [0.1, 0.15) is 11.2 Å². The molecule has 0 spiro atoms. The van der Waals surface area contributed by atoms with Gasteiger partial charge in [-0.05, 0) is 35.1 Å². The van der Waals surface area contributed by atoms with Crippen molar-refractivity contribution in [2.45, 2.75) is 32.6 Å². The zero-order valence-corrected chi connectivity index (χ0v) is 13.2. The molecule has 0 saturated carbocycles. The van der Waals surface area contributed by atoms with Crippen molar-refractivity contribution in [3.8, 4) is 5.75 Å². The normalized spacial score (nSPS) is 14.3. The van der Waals surface area contributed by atoms with Crippen LogP contribution in [0.15, 0.2) is 54.6 Å². The molecule has 0 aromatic heterocycles. The average molecular weight is 298 g/mol. The SMILES string of the molecule is CC(C)(C)C(Cc1ccccc1)(C(=O)O)c1ccc(O)cc1. The van der Waals surface area contributed by atoms with Gasteiger partial charge in [0.15, 0.2) is 0 Å². The monoisotopic (exact) mass is 298 g/mol. The van der Waals surface area contributed by atoms with Crippen LogP contribution in [0, 0.1) is 5.41 Å². The summed E-state index contributed by atoms with van der Waals surface area (Å²) in [6, 6.07) is 16.2. The maximum atomic E-state index is 12.3. The number of hydrogen-bond donors (Lipinski definition) is 2. The number of aliphatic carboxylic acids is 1. The van der Waals surface area contributed by atoms with Crippen LogP contribution in [0.5, 0.6) is 5.75 Å². The Bertz CT molecular complexity index is 639. The summed E-state index contributed by atoms with van der Waals surface area (Å²) in [5.74, 6) is -0.716. The maximum Gasteiger partial charge on any atom is 0.315 e. The second-order valence-corrected chi connectivity index (χ2v) is 6.67. The smallest absolute Gasteiger partial charge is 0.315 e. The van der Waals surface area contributed by atoms with E-state index < -0.39 is 16.8 Å². The Morgan fingerprint density at radius 1 is 0.955 bits per heavy atom. The molecule has 2 N–H and O–H groups in total. The van der Waals surface area contributed by atoms with Crippen LogP contribution in [-0.2, 0) is 16.6 Å². The molecular weight excluding hydrogens is 276 g/mol. The molecule has 0 fully saturated rings. The van der Waals surface area contributed by atoms with E-state index in [-0.39, 0.29) is 5.75 Å². The van der Waals surface area contributed by atoms with Crippen LogP contribution in [0.3, 0.4) is 0 Å². The van der Waals surface area contributed by atoms with Gasteiger partial charge in [-0.3, -0.25) is 4.79 Å². The van der Waals surface area contributed by atoms with Gasteiger partial charge in [-0.2, -0.15) is 0 Å². The molecule has 2 aromatic carbocycles. The summed E-state index contributed by atoms with van der Waals surface area (Å²) in [7, 11) is 0. The Labute approximate surface area is 131 Å². The molecule has 3 heteroatoms. The Kier molecular flexibility index (Phi) is 4.27. The van der Waals surface area contributed by atoms with Crippen LogP contribution >= 0.6 is 0 Å². The Morgan fingerprint density at radius 3 is 1.95 bits per heavy atom. The Morgan fingerprint density at radius 2 is 1.50 bits per heavy atom. The first-order valence-corrected chi connectivity index (χ1v) is 7.34. The Hall–Kier alpha value is -2.29. The lowest BCUT2D eigenvalue weighted by Crippen LogP contribution is -2.49. The van der Waals surface area contributed by atoms with Crippen LogP contribution in [0.2, 0.25) is 0 Å². The van der Waals surface area contributed by atoms with Crippen molar-refractivity contribution in [3.63, 3.8) is 0 Å². The van der Waals surface area contributed by atoms with Crippen LogP contribution in [0.25, 0.3) is 0 Å². The summed E-state index contributed by atoms with van der Waals surface area (Å²) in [5, 5.41) is 19.6. The molecule has 0 bridgehead atoms. The highest BCUT2D eigenvalue weighted by atomic mass is 16.4. The summed E-state index contributed by atoms with van der Waals surface area (Å²) in [6.45, 7) is 5.82. The van der Waals surface area contributed by atoms with Gasteiger partial charge in [0.05, 0.1) is 0 Å². The van der Waals surface area contributed by atoms with Gasteiger partial charge in [0.25, 0.3) is 0 Å². The molecule has 22 heavy (non-hydrogen) atoms. The molecule has 0 heterocycles. The fourth-order valence-corrected chi connectivity index (χ4v) is 2.97. The number of carbonyl (C=O) groups is 1. The second-order valence-electron chi connectivity index (χ2n) is 6.67. The van der Waals surface area contributed by atoms with Crippen molar-refractivity contribution in [2.24, 2.45) is 5.41 Å². The second kappa shape index (κ2) is 5.84. The van der Waals surface area contributed by atoms with E-state index >= 15 is 0 Å². The van der Waals surface area contributed by atoms with Gasteiger partial charge in [0, 0.05) is 0 Å². The van der Waals surface area contributed by atoms with E-state index in [1.54, 1.807) is 24.3 Å². The molecule has 0 amide bonds. The summed E-state index contributed by atoms with van der Waals surface area (Å²) >= 11 is 0. The van der Waals surface area contributed by atoms with Crippen molar-refractivity contribution in [1.29, 1.82) is 0 Å². The number of aromatic hydroxyl groups is 1. The van der Waals surface area contributed by atoms with Gasteiger partial charge in [0.2, 0.25) is 0 Å². The number of benzene rings is 2. The predicted octanol–water partition coefficient (Wildman–Crippen LogP) is 4.00. The first-order chi connectivity index (χ1) is 10.3. The summed E-state index contributed by atoms with van der Waals surface area (Å²) in [4.78, 5) is 12.3. The fourth-order valence-electron chi connectivity index (χ4n) is 2.97. The van der Waals surface area contributed by atoms with Gasteiger partial charge in [-0.1, -0.05) is 63.2 Å². The summed E-state index contributed by atoms with van der Waals surface area (Å²) < 4.78 is 0. The molecule has 1 unspecified atom stereocenters. The number of carboxylic acids is 1. The lowest BCUT2D eigenvalue weighted by atomic mass is 9.60. The standard InChI is InChI=1S/C19H22O3/c1-18(2,3)19(17(21)22,13-14-7-5-4-6-8-14)15-9-11-16(20)12-10-15/h4-12,20H,13H2,1-3H3,(H,21,22). The highest BCUT2D eigenvalue weighted by molar-refractivity contribution is 5.83. The van der Waals surface area contributed by atoms with E-state index in [1.165, 1.54) is 0 Å². The minimum absolute atomic E-state index is 0.136. The minimum atomic E-state index is -1.07. The molecule has 0 aliphatic carbocycles. The van der Waals surface area contributed by atoms with Crippen molar-refractivity contribution in [2.75, 3.05) is 0 Å². The van der Waals surface area contributed by atoms with Crippen molar-refractivity contribution < 1.29 is 15.0 Å². The van der Waals surface area contributed by atoms with Crippen LogP contribution in [0.4, 0.5) is 0 Å². The molecule has 3 nitrogen and oxygen atoms in total. The van der Waals surface area contributed by atoms with Gasteiger partial charge in [-0.15, -0.1) is 0 Å². The minimum Gasteiger partial charge on any atom is -0.508 e. The van der Waals surface area contributed by atoms with Crippen molar-refractivity contribution in [1.82, 2.24) is 0 Å². The highest BCUT2D eigenvalue weighted by Crippen LogP contribution is 2.45. The average Bonchev–Trinajstić information content (AvgIpc) is 2.45. The van der Waals surface area contributed by atoms with E-state index in [0.29, 0.717) is 12.0 Å². The van der Waals surface area contributed by atoms with Gasteiger partial charge in [-0.25, -0.2) is 0 Å². The highest BCUT2D eigenvalue weighted by Gasteiger charge is 2.50. The molecule has 0 aliphatic heterocycles. The summed E-state index contributed by atoms with van der Waals surface area (Å²) in [6.07, 6.45) is 0.400. The fraction of sp³-hybridized carbons (Fsp3) is 0.316. The molecule has 0 saturated heterocycles. The largest absolute Gasteiger partial charge is 0.508 e. The molecule has 1 atom stereocenters. The van der Waals surface area contributed by atoms with Crippen molar-refractivity contribution >= 4 is 5.97 Å². The number of rotatable bonds is 4. The molecular formula is C19H22O3. The Balaban J connectivity index is 2.62. The van der Waals surface area contributed by atoms with Gasteiger partial charge >= 0.3 is 5.97 Å². The molecule has 2 aromatic rings. The number of phenols is 1. The molecule has 2 rings (SSSR count). The number of carboxylic acid groups (broad SMARTS) is 1. The topological polar surface area (TPSA) is 57.5 Å². The first kappa shape index (κ1) is 16.1. The van der Waals surface area contributed by atoms with Crippen LogP contribution in [-0.4, -0.2) is 16.2 Å². The lowest BCUT2D eigenvalue weighted by Gasteiger charge is -2.42. The van der Waals surface area contributed by atoms with E-state index in [1.807, 2.05) is 51.1 Å². The maximum absolute atomic E-state index is 12.3. The third kappa shape index (κ3) is 2.84. The molecule has 0 aliphatic rings.